The summed E-state index contributed by atoms with van der Waals surface area (Å²) in [6.07, 6.45) is 0. The molecule has 0 spiro atoms. The summed E-state index contributed by atoms with van der Waals surface area (Å²) < 4.78 is 0.826. The molecule has 0 atom stereocenters. The molecule has 124 valence electrons. The Labute approximate surface area is 151 Å². The number of nitrogen functional groups attached to an aromatic ring is 1. The van der Waals surface area contributed by atoms with Gasteiger partial charge in [-0.15, -0.1) is 23.7 Å². The third kappa shape index (κ3) is 4.61. The molecule has 23 heavy (non-hydrogen) atoms. The highest BCUT2D eigenvalue weighted by Crippen LogP contribution is 2.23. The molecule has 2 aromatic rings. The van der Waals surface area contributed by atoms with Gasteiger partial charge in [-0.05, 0) is 36.4 Å². The number of nitrogens with zero attached hydrogens (tertiary/aromatic N) is 2. The fourth-order valence-corrected chi connectivity index (χ4v) is 3.70. The molecule has 0 bridgehead atoms. The van der Waals surface area contributed by atoms with Crippen LogP contribution in [0.25, 0.3) is 0 Å². The Bertz CT molecular complexity index is 652. The highest BCUT2D eigenvalue weighted by Gasteiger charge is 2.22. The predicted octanol–water partition coefficient (Wildman–Crippen LogP) is 3.36. The molecule has 1 saturated heterocycles. The monoisotopic (exact) mass is 371 g/mol. The SMILES string of the molecule is Cl.Nc1ccc(C(=O)N2CCN(Cc3ccc(Cl)s3)CC2)cc1. The average Bonchev–Trinajstić information content (AvgIpc) is 2.93. The summed E-state index contributed by atoms with van der Waals surface area (Å²) in [5, 5.41) is 0. The van der Waals surface area contributed by atoms with Crippen LogP contribution in [0.4, 0.5) is 5.69 Å². The fourth-order valence-electron chi connectivity index (χ4n) is 2.57. The maximum absolute atomic E-state index is 12.4. The normalized spacial score (nSPS) is 15.3. The molecule has 2 N–H and O–H groups in total. The lowest BCUT2D eigenvalue weighted by atomic mass is 10.1. The van der Waals surface area contributed by atoms with Gasteiger partial charge >= 0.3 is 0 Å². The standard InChI is InChI=1S/C16H18ClN3OS.ClH/c17-15-6-5-14(22-15)11-19-7-9-20(10-8-19)16(21)12-1-3-13(18)4-2-12;/h1-6H,7-11,18H2;1H. The summed E-state index contributed by atoms with van der Waals surface area (Å²) in [5.41, 5.74) is 7.04. The van der Waals surface area contributed by atoms with E-state index in [1.807, 2.05) is 11.0 Å². The number of benzene rings is 1. The number of hydrogen-bond donors (Lipinski definition) is 1. The molecule has 1 aromatic carbocycles. The van der Waals surface area contributed by atoms with Crippen LogP contribution in [0.3, 0.4) is 0 Å². The number of thiophene rings is 1. The molecule has 0 unspecified atom stereocenters. The summed E-state index contributed by atoms with van der Waals surface area (Å²) in [6.45, 7) is 4.18. The Morgan fingerprint density at radius 2 is 1.74 bits per heavy atom. The van der Waals surface area contributed by atoms with E-state index in [4.69, 9.17) is 17.3 Å². The first-order valence-electron chi connectivity index (χ1n) is 7.23. The van der Waals surface area contributed by atoms with E-state index in [0.29, 0.717) is 11.3 Å². The highest BCUT2D eigenvalue weighted by molar-refractivity contribution is 7.16. The molecule has 0 aliphatic carbocycles. The van der Waals surface area contributed by atoms with E-state index >= 15 is 0 Å². The second kappa shape index (κ2) is 8.02. The topological polar surface area (TPSA) is 49.6 Å². The summed E-state index contributed by atoms with van der Waals surface area (Å²) in [6, 6.07) is 11.1. The largest absolute Gasteiger partial charge is 0.399 e. The van der Waals surface area contributed by atoms with Crippen LogP contribution >= 0.6 is 35.3 Å². The Hall–Kier alpha value is -1.27. The highest BCUT2D eigenvalue weighted by atomic mass is 35.5. The van der Waals surface area contributed by atoms with Crippen molar-refractivity contribution in [1.29, 1.82) is 0 Å². The van der Waals surface area contributed by atoms with Crippen molar-refractivity contribution in [2.24, 2.45) is 0 Å². The predicted molar refractivity (Wildman–Crippen MR) is 98.6 cm³/mol. The second-order valence-electron chi connectivity index (χ2n) is 5.40. The molecule has 1 aliphatic rings. The zero-order valence-corrected chi connectivity index (χ0v) is 15.0. The van der Waals surface area contributed by atoms with Crippen LogP contribution < -0.4 is 5.73 Å². The van der Waals surface area contributed by atoms with Crippen molar-refractivity contribution >= 4 is 46.9 Å². The first kappa shape index (κ1) is 18.1. The molecule has 4 nitrogen and oxygen atoms in total. The number of rotatable bonds is 3. The van der Waals surface area contributed by atoms with Crippen molar-refractivity contribution in [2.45, 2.75) is 6.54 Å². The Kier molecular flexibility index (Phi) is 6.30. The van der Waals surface area contributed by atoms with Gasteiger partial charge in [0.15, 0.2) is 0 Å². The van der Waals surface area contributed by atoms with Crippen molar-refractivity contribution in [3.63, 3.8) is 0 Å². The Morgan fingerprint density at radius 1 is 1.09 bits per heavy atom. The van der Waals surface area contributed by atoms with Gasteiger partial charge in [-0.1, -0.05) is 11.6 Å². The van der Waals surface area contributed by atoms with Gasteiger partial charge in [-0.3, -0.25) is 9.69 Å². The van der Waals surface area contributed by atoms with Crippen molar-refractivity contribution < 1.29 is 4.79 Å². The van der Waals surface area contributed by atoms with Crippen molar-refractivity contribution in [1.82, 2.24) is 9.80 Å². The van der Waals surface area contributed by atoms with E-state index in [-0.39, 0.29) is 18.3 Å². The van der Waals surface area contributed by atoms with Gasteiger partial charge in [0, 0.05) is 48.9 Å². The lowest BCUT2D eigenvalue weighted by Gasteiger charge is -2.34. The van der Waals surface area contributed by atoms with Gasteiger partial charge in [0.2, 0.25) is 0 Å². The first-order chi connectivity index (χ1) is 10.6. The molecular weight excluding hydrogens is 353 g/mol. The minimum absolute atomic E-state index is 0. The maximum Gasteiger partial charge on any atom is 0.253 e. The minimum Gasteiger partial charge on any atom is -0.399 e. The summed E-state index contributed by atoms with van der Waals surface area (Å²) in [4.78, 5) is 18.0. The maximum atomic E-state index is 12.4. The van der Waals surface area contributed by atoms with E-state index < -0.39 is 0 Å². The zero-order valence-electron chi connectivity index (χ0n) is 12.6. The van der Waals surface area contributed by atoms with Crippen molar-refractivity contribution in [3.8, 4) is 0 Å². The number of nitrogens with two attached hydrogens (primary N) is 1. The van der Waals surface area contributed by atoms with Gasteiger partial charge in [0.25, 0.3) is 5.91 Å². The third-order valence-electron chi connectivity index (χ3n) is 3.83. The minimum atomic E-state index is 0. The average molecular weight is 372 g/mol. The van der Waals surface area contributed by atoms with Crippen LogP contribution in [0, 0.1) is 0 Å². The second-order valence-corrected chi connectivity index (χ2v) is 7.20. The fraction of sp³-hybridized carbons (Fsp3) is 0.312. The van der Waals surface area contributed by atoms with Crippen LogP contribution in [-0.4, -0.2) is 41.9 Å². The first-order valence-corrected chi connectivity index (χ1v) is 8.42. The van der Waals surface area contributed by atoms with E-state index in [2.05, 4.69) is 11.0 Å². The Balaban J connectivity index is 0.00000192. The number of halogens is 2. The number of piperazine rings is 1. The number of anilines is 1. The van der Waals surface area contributed by atoms with Crippen LogP contribution in [0.15, 0.2) is 36.4 Å². The van der Waals surface area contributed by atoms with Crippen LogP contribution in [0.1, 0.15) is 15.2 Å². The molecule has 1 aromatic heterocycles. The van der Waals surface area contributed by atoms with Crippen LogP contribution in [0.2, 0.25) is 4.34 Å². The van der Waals surface area contributed by atoms with E-state index in [1.54, 1.807) is 35.6 Å². The molecule has 3 rings (SSSR count). The smallest absolute Gasteiger partial charge is 0.253 e. The van der Waals surface area contributed by atoms with Gasteiger partial charge in [-0.25, -0.2) is 0 Å². The molecule has 1 aliphatic heterocycles. The number of carbonyl (C=O) groups excluding carboxylic acids is 1. The molecule has 0 saturated carbocycles. The number of amides is 1. The van der Waals surface area contributed by atoms with Gasteiger partial charge in [0.1, 0.15) is 0 Å². The summed E-state index contributed by atoms with van der Waals surface area (Å²) in [5.74, 6) is 0.0822. The van der Waals surface area contributed by atoms with Crippen molar-refractivity contribution in [3.05, 3.63) is 51.2 Å². The molecule has 2 heterocycles. The lowest BCUT2D eigenvalue weighted by Crippen LogP contribution is -2.48. The van der Waals surface area contributed by atoms with E-state index in [0.717, 1.165) is 37.1 Å². The van der Waals surface area contributed by atoms with E-state index in [1.165, 1.54) is 4.88 Å². The molecule has 0 radical (unpaired) electrons. The molecule has 1 fully saturated rings. The van der Waals surface area contributed by atoms with Crippen LogP contribution in [0.5, 0.6) is 0 Å². The molecule has 7 heteroatoms. The number of carbonyl (C=O) groups is 1. The van der Waals surface area contributed by atoms with E-state index in [9.17, 15) is 4.79 Å². The quantitative estimate of drug-likeness (QED) is 0.841. The van der Waals surface area contributed by atoms with Crippen LogP contribution in [-0.2, 0) is 6.54 Å². The summed E-state index contributed by atoms with van der Waals surface area (Å²) in [7, 11) is 0. The molecule has 1 amide bonds. The van der Waals surface area contributed by atoms with Gasteiger partial charge in [-0.2, -0.15) is 0 Å². The summed E-state index contributed by atoms with van der Waals surface area (Å²) >= 11 is 7.58. The lowest BCUT2D eigenvalue weighted by molar-refractivity contribution is 0.0629. The molecular formula is C16H19Cl2N3OS. The van der Waals surface area contributed by atoms with Gasteiger partial charge < -0.3 is 10.6 Å². The van der Waals surface area contributed by atoms with Crippen molar-refractivity contribution in [2.75, 3.05) is 31.9 Å². The third-order valence-corrected chi connectivity index (χ3v) is 5.04. The van der Waals surface area contributed by atoms with Gasteiger partial charge in [0.05, 0.1) is 4.34 Å². The zero-order chi connectivity index (χ0) is 15.5. The Morgan fingerprint density at radius 3 is 2.30 bits per heavy atom. The number of hydrogen-bond acceptors (Lipinski definition) is 4.